The van der Waals surface area contributed by atoms with Crippen molar-refractivity contribution in [1.82, 2.24) is 19.7 Å². The zero-order valence-electron chi connectivity index (χ0n) is 21.3. The second-order valence-electron chi connectivity index (χ2n) is 8.75. The summed E-state index contributed by atoms with van der Waals surface area (Å²) < 4.78 is 10.4. The number of benzene rings is 2. The maximum Gasteiger partial charge on any atom is 0.322 e. The number of urea groups is 1. The highest BCUT2D eigenvalue weighted by molar-refractivity contribution is 7.09. The lowest BCUT2D eigenvalue weighted by Gasteiger charge is -2.34. The van der Waals surface area contributed by atoms with E-state index in [0.29, 0.717) is 48.4 Å². The van der Waals surface area contributed by atoms with Gasteiger partial charge in [0.25, 0.3) is 5.91 Å². The summed E-state index contributed by atoms with van der Waals surface area (Å²) in [7, 11) is 3.19. The number of ether oxygens (including phenoxy) is 2. The van der Waals surface area contributed by atoms with Crippen LogP contribution in [0.2, 0.25) is 0 Å². The fraction of sp³-hybridized carbons (Fsp3) is 0.370. The zero-order chi connectivity index (χ0) is 26.0. The Bertz CT molecular complexity index is 1150. The first-order valence-corrected chi connectivity index (χ1v) is 13.1. The summed E-state index contributed by atoms with van der Waals surface area (Å²) in [5, 5.41) is 5.38. The summed E-state index contributed by atoms with van der Waals surface area (Å²) in [5.41, 5.74) is 2.37. The van der Waals surface area contributed by atoms with Crippen LogP contribution in [0.4, 0.5) is 10.5 Å². The van der Waals surface area contributed by atoms with E-state index in [9.17, 15) is 9.59 Å². The third kappa shape index (κ3) is 7.51. The normalized spacial score (nSPS) is 13.8. The molecule has 0 aliphatic carbocycles. The van der Waals surface area contributed by atoms with Crippen LogP contribution in [0, 0.1) is 0 Å². The maximum atomic E-state index is 13.1. The van der Waals surface area contributed by atoms with Crippen LogP contribution in [0.25, 0.3) is 0 Å². The van der Waals surface area contributed by atoms with Crippen molar-refractivity contribution in [2.45, 2.75) is 13.1 Å². The lowest BCUT2D eigenvalue weighted by molar-refractivity contribution is 0.0623. The molecule has 1 fully saturated rings. The number of carbonyl (C=O) groups is 2. The molecule has 9 nitrogen and oxygen atoms in total. The molecule has 37 heavy (non-hydrogen) atoms. The van der Waals surface area contributed by atoms with E-state index in [2.05, 4.69) is 27.3 Å². The Morgan fingerprint density at radius 3 is 2.43 bits per heavy atom. The molecule has 0 radical (unpaired) electrons. The number of hydrogen-bond donors (Lipinski definition) is 1. The molecule has 1 aliphatic rings. The number of carbonyl (C=O) groups excluding carboxylic acids is 2. The van der Waals surface area contributed by atoms with Crippen LogP contribution in [-0.4, -0.2) is 85.2 Å². The van der Waals surface area contributed by atoms with Crippen LogP contribution in [0.5, 0.6) is 5.75 Å². The number of aromatic nitrogens is 1. The number of nitrogens with zero attached hydrogens (tertiary/aromatic N) is 4. The molecule has 0 bridgehead atoms. The van der Waals surface area contributed by atoms with E-state index in [1.54, 1.807) is 48.8 Å². The van der Waals surface area contributed by atoms with E-state index in [1.807, 2.05) is 23.1 Å². The molecule has 1 aliphatic heterocycles. The molecule has 0 atom stereocenters. The van der Waals surface area contributed by atoms with Gasteiger partial charge in [-0.3, -0.25) is 9.69 Å². The van der Waals surface area contributed by atoms with Crippen LogP contribution in [-0.2, 0) is 17.8 Å². The number of amides is 3. The minimum Gasteiger partial charge on any atom is -0.497 e. The lowest BCUT2D eigenvalue weighted by atomic mass is 10.2. The van der Waals surface area contributed by atoms with Gasteiger partial charge in [-0.2, -0.15) is 0 Å². The summed E-state index contributed by atoms with van der Waals surface area (Å²) >= 11 is 1.39. The van der Waals surface area contributed by atoms with Gasteiger partial charge in [0.1, 0.15) is 16.5 Å². The molecular formula is C27H33N5O4S. The molecular weight excluding hydrogens is 490 g/mol. The molecule has 0 unspecified atom stereocenters. The van der Waals surface area contributed by atoms with Crippen molar-refractivity contribution in [3.63, 3.8) is 0 Å². The molecule has 0 saturated carbocycles. The molecule has 1 saturated heterocycles. The zero-order valence-corrected chi connectivity index (χ0v) is 22.1. The second-order valence-corrected chi connectivity index (χ2v) is 9.70. The third-order valence-corrected chi connectivity index (χ3v) is 7.03. The van der Waals surface area contributed by atoms with Crippen LogP contribution in [0.15, 0.2) is 60.0 Å². The van der Waals surface area contributed by atoms with Gasteiger partial charge in [0, 0.05) is 57.4 Å². The van der Waals surface area contributed by atoms with Gasteiger partial charge in [0.15, 0.2) is 0 Å². The second kappa shape index (κ2) is 13.2. The highest BCUT2D eigenvalue weighted by Crippen LogP contribution is 2.18. The molecule has 10 heteroatoms. The molecule has 196 valence electrons. The molecule has 2 aromatic carbocycles. The largest absolute Gasteiger partial charge is 0.497 e. The van der Waals surface area contributed by atoms with Gasteiger partial charge in [-0.25, -0.2) is 9.78 Å². The van der Waals surface area contributed by atoms with Crippen molar-refractivity contribution in [1.29, 1.82) is 0 Å². The van der Waals surface area contributed by atoms with E-state index in [1.165, 1.54) is 16.9 Å². The first-order chi connectivity index (χ1) is 18.1. The SMILES string of the molecule is COCCN(Cc1nc(C(=O)N2CCN(Cc3ccccc3)CC2)cs1)C(=O)Nc1ccc(OC)cc1. The Hall–Kier alpha value is -3.47. The Balaban J connectivity index is 1.32. The third-order valence-electron chi connectivity index (χ3n) is 6.20. The van der Waals surface area contributed by atoms with Crippen LogP contribution in [0.3, 0.4) is 0 Å². The molecule has 3 aromatic rings. The molecule has 1 N–H and O–H groups in total. The first kappa shape index (κ1) is 26.6. The summed E-state index contributed by atoms with van der Waals surface area (Å²) in [6, 6.07) is 17.2. The van der Waals surface area contributed by atoms with E-state index in [-0.39, 0.29) is 18.5 Å². The monoisotopic (exact) mass is 523 g/mol. The van der Waals surface area contributed by atoms with E-state index in [4.69, 9.17) is 9.47 Å². The average Bonchev–Trinajstić information content (AvgIpc) is 3.40. The standard InChI is InChI=1S/C27H33N5O4S/c1-35-17-16-32(27(34)28-22-8-10-23(36-2)11-9-22)19-25-29-24(20-37-25)26(33)31-14-12-30(13-15-31)18-21-6-4-3-5-7-21/h3-11,20H,12-19H2,1-2H3,(H,28,34). The van der Waals surface area contributed by atoms with E-state index < -0.39 is 0 Å². The number of nitrogens with one attached hydrogen (secondary N) is 1. The summed E-state index contributed by atoms with van der Waals surface area (Å²) in [4.78, 5) is 36.5. The topological polar surface area (TPSA) is 87.2 Å². The Morgan fingerprint density at radius 1 is 1.03 bits per heavy atom. The smallest absolute Gasteiger partial charge is 0.322 e. The van der Waals surface area contributed by atoms with Gasteiger partial charge in [-0.15, -0.1) is 11.3 Å². The van der Waals surface area contributed by atoms with Crippen molar-refractivity contribution in [2.75, 3.05) is 58.9 Å². The lowest BCUT2D eigenvalue weighted by Crippen LogP contribution is -2.48. The van der Waals surface area contributed by atoms with Gasteiger partial charge < -0.3 is 24.6 Å². The van der Waals surface area contributed by atoms with E-state index in [0.717, 1.165) is 19.6 Å². The predicted molar refractivity (Wildman–Crippen MR) is 144 cm³/mol. The number of anilines is 1. The molecule has 1 aromatic heterocycles. The van der Waals surface area contributed by atoms with Gasteiger partial charge in [0.05, 0.1) is 20.3 Å². The predicted octanol–water partition coefficient (Wildman–Crippen LogP) is 3.79. The van der Waals surface area contributed by atoms with Gasteiger partial charge >= 0.3 is 6.03 Å². The van der Waals surface area contributed by atoms with Crippen molar-refractivity contribution in [3.8, 4) is 5.75 Å². The molecule has 0 spiro atoms. The minimum atomic E-state index is -0.264. The fourth-order valence-corrected chi connectivity index (χ4v) is 4.87. The minimum absolute atomic E-state index is 0.0620. The fourth-order valence-electron chi connectivity index (χ4n) is 4.09. The molecule has 4 rings (SSSR count). The summed E-state index contributed by atoms with van der Waals surface area (Å²) in [5.74, 6) is 0.653. The van der Waals surface area contributed by atoms with Gasteiger partial charge in [-0.1, -0.05) is 30.3 Å². The Morgan fingerprint density at radius 2 is 1.76 bits per heavy atom. The van der Waals surface area contributed by atoms with Crippen molar-refractivity contribution in [2.24, 2.45) is 0 Å². The van der Waals surface area contributed by atoms with Crippen LogP contribution in [0.1, 0.15) is 21.1 Å². The van der Waals surface area contributed by atoms with Gasteiger partial charge in [-0.05, 0) is 29.8 Å². The highest BCUT2D eigenvalue weighted by atomic mass is 32.1. The quantitative estimate of drug-likeness (QED) is 0.435. The highest BCUT2D eigenvalue weighted by Gasteiger charge is 2.24. The number of hydrogen-bond acceptors (Lipinski definition) is 7. The first-order valence-electron chi connectivity index (χ1n) is 12.2. The van der Waals surface area contributed by atoms with Crippen molar-refractivity contribution < 1.29 is 19.1 Å². The van der Waals surface area contributed by atoms with E-state index >= 15 is 0 Å². The summed E-state index contributed by atoms with van der Waals surface area (Å²) in [6.45, 7) is 4.95. The number of rotatable bonds is 10. The van der Waals surface area contributed by atoms with Crippen LogP contribution < -0.4 is 10.1 Å². The Labute approximate surface area is 221 Å². The van der Waals surface area contributed by atoms with Crippen LogP contribution >= 0.6 is 11.3 Å². The average molecular weight is 524 g/mol. The number of methoxy groups -OCH3 is 2. The number of piperazine rings is 1. The maximum absolute atomic E-state index is 13.1. The van der Waals surface area contributed by atoms with Crippen molar-refractivity contribution >= 4 is 29.0 Å². The van der Waals surface area contributed by atoms with Crippen molar-refractivity contribution in [3.05, 3.63) is 76.2 Å². The number of thiazole rings is 1. The Kier molecular flexibility index (Phi) is 9.47. The van der Waals surface area contributed by atoms with Gasteiger partial charge in [0.2, 0.25) is 0 Å². The summed E-state index contributed by atoms with van der Waals surface area (Å²) in [6.07, 6.45) is 0. The molecule has 2 heterocycles. The molecule has 3 amide bonds.